The zero-order valence-electron chi connectivity index (χ0n) is 18.4. The van der Waals surface area contributed by atoms with Crippen molar-refractivity contribution in [3.8, 4) is 0 Å². The molecule has 1 aliphatic rings. The lowest BCUT2D eigenvalue weighted by molar-refractivity contribution is 0.0805. The third-order valence-corrected chi connectivity index (χ3v) is 7.65. The summed E-state index contributed by atoms with van der Waals surface area (Å²) in [4.78, 5) is 17.9. The lowest BCUT2D eigenvalue weighted by Gasteiger charge is -2.43. The van der Waals surface area contributed by atoms with Crippen molar-refractivity contribution in [1.82, 2.24) is 9.88 Å². The number of nitrogens with one attached hydrogen (secondary N) is 1. The van der Waals surface area contributed by atoms with Crippen molar-refractivity contribution in [2.45, 2.75) is 38.0 Å². The van der Waals surface area contributed by atoms with Gasteiger partial charge in [0.1, 0.15) is 9.84 Å². The molecule has 0 unspecified atom stereocenters. The van der Waals surface area contributed by atoms with Gasteiger partial charge in [0.15, 0.2) is 0 Å². The van der Waals surface area contributed by atoms with Crippen LogP contribution in [0, 0.1) is 0 Å². The molecule has 0 saturated heterocycles. The van der Waals surface area contributed by atoms with E-state index in [-0.39, 0.29) is 23.6 Å². The molecular formula is C25H30N2O3S. The molecule has 1 fully saturated rings. The van der Waals surface area contributed by atoms with Crippen molar-refractivity contribution in [3.05, 3.63) is 70.9 Å². The molecule has 1 heterocycles. The van der Waals surface area contributed by atoms with Gasteiger partial charge in [-0.05, 0) is 42.0 Å². The van der Waals surface area contributed by atoms with E-state index in [1.54, 1.807) is 7.05 Å². The van der Waals surface area contributed by atoms with Crippen LogP contribution in [-0.2, 0) is 21.7 Å². The lowest BCUT2D eigenvalue weighted by Crippen LogP contribution is -2.35. The minimum absolute atomic E-state index is 0.0195. The fourth-order valence-electron chi connectivity index (χ4n) is 4.64. The number of rotatable bonds is 7. The van der Waals surface area contributed by atoms with Crippen molar-refractivity contribution >= 4 is 26.6 Å². The molecule has 0 radical (unpaired) electrons. The molecule has 1 amide bonds. The second-order valence-corrected chi connectivity index (χ2v) is 11.0. The number of hydrogen-bond acceptors (Lipinski definition) is 3. The maximum Gasteiger partial charge on any atom is 0.255 e. The molecule has 164 valence electrons. The first-order valence-electron chi connectivity index (χ1n) is 10.9. The molecule has 1 aliphatic carbocycles. The number of carbonyl (C=O) groups is 1. The van der Waals surface area contributed by atoms with Gasteiger partial charge in [-0.25, -0.2) is 8.42 Å². The summed E-state index contributed by atoms with van der Waals surface area (Å²) < 4.78 is 23.0. The minimum Gasteiger partial charge on any atom is -0.360 e. The first kappa shape index (κ1) is 21.6. The van der Waals surface area contributed by atoms with Gasteiger partial charge in [-0.1, -0.05) is 49.7 Å². The number of amides is 1. The van der Waals surface area contributed by atoms with Crippen LogP contribution in [-0.4, -0.2) is 49.8 Å². The maximum absolute atomic E-state index is 13.1. The second-order valence-electron chi connectivity index (χ2n) is 8.77. The highest BCUT2D eigenvalue weighted by atomic mass is 32.2. The van der Waals surface area contributed by atoms with E-state index in [9.17, 15) is 13.2 Å². The van der Waals surface area contributed by atoms with E-state index in [1.807, 2.05) is 12.1 Å². The molecule has 3 aromatic rings. The first-order valence-corrected chi connectivity index (χ1v) is 12.9. The van der Waals surface area contributed by atoms with Crippen LogP contribution in [0.25, 0.3) is 10.9 Å². The summed E-state index contributed by atoms with van der Waals surface area (Å²) in [6.07, 6.45) is 7.66. The Bertz CT molecular complexity index is 1210. The van der Waals surface area contributed by atoms with Gasteiger partial charge in [-0.2, -0.15) is 0 Å². The van der Waals surface area contributed by atoms with Crippen molar-refractivity contribution in [2.75, 3.05) is 25.6 Å². The number of hydrogen-bond donors (Lipinski definition) is 1. The van der Waals surface area contributed by atoms with Gasteiger partial charge in [-0.15, -0.1) is 0 Å². The van der Waals surface area contributed by atoms with Gasteiger partial charge in [0.25, 0.3) is 5.91 Å². The third kappa shape index (κ3) is 4.01. The number of sulfone groups is 1. The summed E-state index contributed by atoms with van der Waals surface area (Å²) in [6.45, 7) is 2.34. The Labute approximate surface area is 184 Å². The quantitative estimate of drug-likeness (QED) is 0.597. The smallest absolute Gasteiger partial charge is 0.255 e. The summed E-state index contributed by atoms with van der Waals surface area (Å²) in [6, 6.07) is 14.8. The van der Waals surface area contributed by atoms with Crippen LogP contribution in [0.15, 0.2) is 48.7 Å². The summed E-state index contributed by atoms with van der Waals surface area (Å²) in [7, 11) is -1.47. The van der Waals surface area contributed by atoms with Crippen molar-refractivity contribution < 1.29 is 13.2 Å². The van der Waals surface area contributed by atoms with Crippen molar-refractivity contribution in [1.29, 1.82) is 0 Å². The number of H-pyrrole nitrogens is 1. The number of carbonyl (C=O) groups excluding carboxylic acids is 1. The number of para-hydroxylation sites is 1. The highest BCUT2D eigenvalue weighted by Gasteiger charge is 2.42. The van der Waals surface area contributed by atoms with Crippen LogP contribution in [0.1, 0.15) is 53.2 Å². The number of fused-ring (bicyclic) bond motifs is 1. The number of nitrogens with zero attached hydrogens (tertiary/aromatic N) is 1. The van der Waals surface area contributed by atoms with E-state index in [0.717, 1.165) is 30.2 Å². The predicted octanol–water partition coefficient (Wildman–Crippen LogP) is 4.32. The summed E-state index contributed by atoms with van der Waals surface area (Å²) >= 11 is 0. The molecule has 0 atom stereocenters. The van der Waals surface area contributed by atoms with Gasteiger partial charge in [0.2, 0.25) is 0 Å². The highest BCUT2D eigenvalue weighted by molar-refractivity contribution is 7.90. The standard InChI is InChI=1S/C25H30N2O3S/c1-4-18-9-11-19(12-10-18)25(13-6-14-25)22-17-26-23-20(22)7-5-8-21(23)24(28)27(2)15-16-31(3,29)30/h5,7-12,17,26H,4,6,13-16H2,1-3H3. The van der Waals surface area contributed by atoms with Crippen molar-refractivity contribution in [2.24, 2.45) is 0 Å². The Morgan fingerprint density at radius 3 is 2.42 bits per heavy atom. The molecule has 4 rings (SSSR count). The number of benzene rings is 2. The van der Waals surface area contributed by atoms with E-state index in [2.05, 4.69) is 48.4 Å². The van der Waals surface area contributed by atoms with Crippen molar-refractivity contribution in [3.63, 3.8) is 0 Å². The second kappa shape index (κ2) is 8.15. The van der Waals surface area contributed by atoms with Gasteiger partial charge >= 0.3 is 0 Å². The Kier molecular flexibility index (Phi) is 5.69. The molecule has 2 aromatic carbocycles. The Morgan fingerprint density at radius 2 is 1.84 bits per heavy atom. The molecule has 31 heavy (non-hydrogen) atoms. The van der Waals surface area contributed by atoms with Crippen LogP contribution >= 0.6 is 0 Å². The molecular weight excluding hydrogens is 408 g/mol. The first-order chi connectivity index (χ1) is 14.7. The molecule has 6 heteroatoms. The van der Waals surface area contributed by atoms with E-state index in [0.29, 0.717) is 5.56 Å². The Balaban J connectivity index is 1.70. The average Bonchev–Trinajstić information content (AvgIpc) is 3.15. The van der Waals surface area contributed by atoms with E-state index in [1.165, 1.54) is 34.3 Å². The number of aryl methyl sites for hydroxylation is 1. The third-order valence-electron chi connectivity index (χ3n) is 6.73. The largest absolute Gasteiger partial charge is 0.360 e. The van der Waals surface area contributed by atoms with Crippen LogP contribution in [0.2, 0.25) is 0 Å². The van der Waals surface area contributed by atoms with Gasteiger partial charge in [0.05, 0.1) is 16.8 Å². The summed E-state index contributed by atoms with van der Waals surface area (Å²) in [5.41, 5.74) is 5.29. The fourth-order valence-corrected chi connectivity index (χ4v) is 5.25. The van der Waals surface area contributed by atoms with E-state index < -0.39 is 9.84 Å². The number of aromatic nitrogens is 1. The fraction of sp³-hybridized carbons (Fsp3) is 0.400. The molecule has 0 bridgehead atoms. The maximum atomic E-state index is 13.1. The average molecular weight is 439 g/mol. The van der Waals surface area contributed by atoms with Crippen LogP contribution in [0.3, 0.4) is 0 Å². The monoisotopic (exact) mass is 438 g/mol. The summed E-state index contributed by atoms with van der Waals surface area (Å²) in [5, 5.41) is 1.07. The minimum atomic E-state index is -3.13. The molecule has 1 N–H and O–H groups in total. The SMILES string of the molecule is CCc1ccc(C2(c3c[nH]c4c(C(=O)N(C)CCS(C)(=O)=O)cccc34)CCC2)cc1. The van der Waals surface area contributed by atoms with E-state index >= 15 is 0 Å². The van der Waals surface area contributed by atoms with Gasteiger partial charge in [0, 0.05) is 36.8 Å². The Hall–Kier alpha value is -2.60. The van der Waals surface area contributed by atoms with E-state index in [4.69, 9.17) is 0 Å². The van der Waals surface area contributed by atoms with Gasteiger partial charge < -0.3 is 9.88 Å². The zero-order chi connectivity index (χ0) is 22.2. The normalized spacial score (nSPS) is 15.6. The van der Waals surface area contributed by atoms with Crippen LogP contribution < -0.4 is 0 Å². The van der Waals surface area contributed by atoms with Crippen LogP contribution in [0.5, 0.6) is 0 Å². The number of aromatic amines is 1. The molecule has 1 saturated carbocycles. The molecule has 0 spiro atoms. The zero-order valence-corrected chi connectivity index (χ0v) is 19.3. The lowest BCUT2D eigenvalue weighted by atomic mass is 9.60. The summed E-state index contributed by atoms with van der Waals surface area (Å²) in [5.74, 6) is -0.212. The predicted molar refractivity (Wildman–Crippen MR) is 125 cm³/mol. The topological polar surface area (TPSA) is 70.2 Å². The molecule has 5 nitrogen and oxygen atoms in total. The molecule has 1 aromatic heterocycles. The molecule has 0 aliphatic heterocycles. The van der Waals surface area contributed by atoms with Crippen LogP contribution in [0.4, 0.5) is 0 Å². The van der Waals surface area contributed by atoms with Gasteiger partial charge in [-0.3, -0.25) is 4.79 Å². The Morgan fingerprint density at radius 1 is 1.13 bits per heavy atom. The highest BCUT2D eigenvalue weighted by Crippen LogP contribution is 2.51.